The molecular formula is C25H24N4O4S. The number of benzene rings is 3. The zero-order valence-corrected chi connectivity index (χ0v) is 19.4. The van der Waals surface area contributed by atoms with Crippen LogP contribution in [0.4, 0.5) is 5.69 Å². The predicted molar refractivity (Wildman–Crippen MR) is 130 cm³/mol. The van der Waals surface area contributed by atoms with E-state index < -0.39 is 10.0 Å². The molecule has 9 heteroatoms. The van der Waals surface area contributed by atoms with E-state index in [4.69, 9.17) is 0 Å². The number of Topliss-reactive ketones (excluding diaryl/α,β-unsaturated/α-hetero) is 1. The topological polar surface area (TPSA) is 121 Å². The number of aromatic amines is 1. The first-order valence-electron chi connectivity index (χ1n) is 10.8. The number of para-hydroxylation sites is 2. The third kappa shape index (κ3) is 5.49. The van der Waals surface area contributed by atoms with Gasteiger partial charge in [0.25, 0.3) is 15.9 Å². The van der Waals surface area contributed by atoms with Crippen molar-refractivity contribution in [1.29, 1.82) is 0 Å². The monoisotopic (exact) mass is 476 g/mol. The highest BCUT2D eigenvalue weighted by Gasteiger charge is 2.15. The van der Waals surface area contributed by atoms with Gasteiger partial charge in [0.2, 0.25) is 0 Å². The molecule has 4 aromatic rings. The Morgan fingerprint density at radius 2 is 1.59 bits per heavy atom. The first kappa shape index (κ1) is 23.2. The lowest BCUT2D eigenvalue weighted by molar-refractivity contribution is 0.0952. The maximum absolute atomic E-state index is 12.6. The van der Waals surface area contributed by atoms with Crippen molar-refractivity contribution in [2.24, 2.45) is 0 Å². The predicted octanol–water partition coefficient (Wildman–Crippen LogP) is 3.93. The summed E-state index contributed by atoms with van der Waals surface area (Å²) in [5, 5.41) is 2.86. The molecule has 8 nitrogen and oxygen atoms in total. The minimum absolute atomic E-state index is 0.0452. The Kier molecular flexibility index (Phi) is 6.74. The molecule has 0 unspecified atom stereocenters. The summed E-state index contributed by atoms with van der Waals surface area (Å²) in [5.41, 5.74) is 3.11. The summed E-state index contributed by atoms with van der Waals surface area (Å²) < 4.78 is 27.6. The van der Waals surface area contributed by atoms with Gasteiger partial charge in [-0.05, 0) is 61.9 Å². The van der Waals surface area contributed by atoms with Gasteiger partial charge in [-0.15, -0.1) is 0 Å². The number of nitrogens with one attached hydrogen (secondary N) is 3. The summed E-state index contributed by atoms with van der Waals surface area (Å²) in [6, 6.07) is 19.7. The number of rotatable bonds is 9. The van der Waals surface area contributed by atoms with Crippen molar-refractivity contribution in [3.05, 3.63) is 89.7 Å². The van der Waals surface area contributed by atoms with Crippen molar-refractivity contribution in [1.82, 2.24) is 15.3 Å². The molecule has 0 aliphatic heterocycles. The minimum Gasteiger partial charge on any atom is -0.352 e. The van der Waals surface area contributed by atoms with Gasteiger partial charge in [0, 0.05) is 29.8 Å². The summed E-state index contributed by atoms with van der Waals surface area (Å²) in [7, 11) is -3.81. The summed E-state index contributed by atoms with van der Waals surface area (Å²) in [6.07, 6.45) is 1.44. The van der Waals surface area contributed by atoms with Crippen LogP contribution in [0.15, 0.2) is 77.7 Å². The molecule has 174 valence electrons. The number of aromatic nitrogens is 2. The fourth-order valence-corrected chi connectivity index (χ4v) is 4.51. The van der Waals surface area contributed by atoms with Gasteiger partial charge in [0.1, 0.15) is 5.82 Å². The molecule has 3 aromatic carbocycles. The Labute approximate surface area is 197 Å². The second-order valence-electron chi connectivity index (χ2n) is 7.82. The number of H-pyrrole nitrogens is 1. The number of carbonyl (C=O) groups is 2. The molecule has 1 heterocycles. The highest BCUT2D eigenvalue weighted by Crippen LogP contribution is 2.18. The van der Waals surface area contributed by atoms with E-state index in [0.717, 1.165) is 23.3 Å². The average molecular weight is 477 g/mol. The fraction of sp³-hybridized carbons (Fsp3) is 0.160. The number of amides is 1. The molecule has 1 aromatic heterocycles. The molecule has 0 atom stereocenters. The van der Waals surface area contributed by atoms with Crippen LogP contribution in [0.25, 0.3) is 11.0 Å². The van der Waals surface area contributed by atoms with Crippen LogP contribution in [-0.2, 0) is 16.4 Å². The largest absolute Gasteiger partial charge is 0.352 e. The molecule has 0 saturated heterocycles. The minimum atomic E-state index is -3.81. The van der Waals surface area contributed by atoms with Crippen LogP contribution in [0.3, 0.4) is 0 Å². The number of hydrogen-bond acceptors (Lipinski definition) is 5. The van der Waals surface area contributed by atoms with E-state index in [1.165, 1.54) is 43.3 Å². The van der Waals surface area contributed by atoms with Gasteiger partial charge in [-0.3, -0.25) is 14.3 Å². The van der Waals surface area contributed by atoms with E-state index in [2.05, 4.69) is 20.0 Å². The molecule has 0 aliphatic carbocycles. The zero-order valence-electron chi connectivity index (χ0n) is 18.5. The number of carbonyl (C=O) groups excluding carboxylic acids is 2. The molecular weight excluding hydrogens is 452 g/mol. The summed E-state index contributed by atoms with van der Waals surface area (Å²) in [5.74, 6) is 0.502. The molecule has 3 N–H and O–H groups in total. The third-order valence-electron chi connectivity index (χ3n) is 5.28. The Morgan fingerprint density at radius 3 is 2.26 bits per heavy atom. The standard InChI is InChI=1S/C25H24N4O4S/c1-17(30)18-10-14-21(15-11-18)34(32,33)29-20-12-8-19(9-13-20)25(31)26-16-4-7-24-27-22-5-2-3-6-23(22)28-24/h2-3,5-6,8-15,29H,4,7,16H2,1H3,(H,26,31)(H,27,28). The maximum atomic E-state index is 12.6. The molecule has 0 aliphatic rings. The number of sulfonamides is 1. The van der Waals surface area contributed by atoms with Crippen LogP contribution in [0.1, 0.15) is 39.9 Å². The second-order valence-corrected chi connectivity index (χ2v) is 9.51. The van der Waals surface area contributed by atoms with Crippen molar-refractivity contribution in [3.8, 4) is 0 Å². The zero-order chi connectivity index (χ0) is 24.1. The number of hydrogen-bond donors (Lipinski definition) is 3. The molecule has 0 saturated carbocycles. The van der Waals surface area contributed by atoms with Crippen molar-refractivity contribution in [2.45, 2.75) is 24.7 Å². The molecule has 34 heavy (non-hydrogen) atoms. The normalized spacial score (nSPS) is 11.3. The van der Waals surface area contributed by atoms with E-state index in [0.29, 0.717) is 29.8 Å². The Hall–Kier alpha value is -3.98. The van der Waals surface area contributed by atoms with Crippen molar-refractivity contribution >= 4 is 38.4 Å². The van der Waals surface area contributed by atoms with E-state index >= 15 is 0 Å². The lowest BCUT2D eigenvalue weighted by atomic mass is 10.2. The third-order valence-corrected chi connectivity index (χ3v) is 6.68. The van der Waals surface area contributed by atoms with Crippen molar-refractivity contribution in [3.63, 3.8) is 0 Å². The van der Waals surface area contributed by atoms with E-state index in [1.807, 2.05) is 24.3 Å². The SMILES string of the molecule is CC(=O)c1ccc(S(=O)(=O)Nc2ccc(C(=O)NCCCc3nc4ccccc4[nH]3)cc2)cc1. The van der Waals surface area contributed by atoms with Crippen LogP contribution in [-0.4, -0.2) is 36.6 Å². The van der Waals surface area contributed by atoms with Gasteiger partial charge >= 0.3 is 0 Å². The molecule has 4 rings (SSSR count). The number of anilines is 1. The molecule has 0 radical (unpaired) electrons. The average Bonchev–Trinajstić information content (AvgIpc) is 3.25. The van der Waals surface area contributed by atoms with Gasteiger partial charge in [-0.1, -0.05) is 24.3 Å². The fourth-order valence-electron chi connectivity index (χ4n) is 3.46. The summed E-state index contributed by atoms with van der Waals surface area (Å²) in [4.78, 5) is 31.6. The quantitative estimate of drug-likeness (QED) is 0.250. The van der Waals surface area contributed by atoms with Crippen molar-refractivity contribution < 1.29 is 18.0 Å². The Morgan fingerprint density at radius 1 is 0.912 bits per heavy atom. The lowest BCUT2D eigenvalue weighted by Gasteiger charge is -2.10. The number of nitrogens with zero attached hydrogens (tertiary/aromatic N) is 1. The van der Waals surface area contributed by atoms with E-state index in [9.17, 15) is 18.0 Å². The second kappa shape index (κ2) is 9.88. The van der Waals surface area contributed by atoms with Crippen LogP contribution < -0.4 is 10.0 Å². The summed E-state index contributed by atoms with van der Waals surface area (Å²) in [6.45, 7) is 1.90. The first-order chi connectivity index (χ1) is 16.3. The highest BCUT2D eigenvalue weighted by molar-refractivity contribution is 7.92. The van der Waals surface area contributed by atoms with Crippen LogP contribution in [0, 0.1) is 0 Å². The number of fused-ring (bicyclic) bond motifs is 1. The first-order valence-corrected chi connectivity index (χ1v) is 12.3. The van der Waals surface area contributed by atoms with Crippen LogP contribution in [0.2, 0.25) is 0 Å². The van der Waals surface area contributed by atoms with Gasteiger partial charge in [0.05, 0.1) is 15.9 Å². The smallest absolute Gasteiger partial charge is 0.261 e. The number of imidazole rings is 1. The Balaban J connectivity index is 1.29. The Bertz CT molecular complexity index is 1390. The van der Waals surface area contributed by atoms with Gasteiger partial charge in [-0.2, -0.15) is 0 Å². The van der Waals surface area contributed by atoms with Gasteiger partial charge in [0.15, 0.2) is 5.78 Å². The highest BCUT2D eigenvalue weighted by atomic mass is 32.2. The van der Waals surface area contributed by atoms with Crippen LogP contribution >= 0.6 is 0 Å². The maximum Gasteiger partial charge on any atom is 0.261 e. The lowest BCUT2D eigenvalue weighted by Crippen LogP contribution is -2.24. The van der Waals surface area contributed by atoms with E-state index in [1.54, 1.807) is 12.1 Å². The van der Waals surface area contributed by atoms with Gasteiger partial charge in [-0.25, -0.2) is 13.4 Å². The van der Waals surface area contributed by atoms with Crippen molar-refractivity contribution in [2.75, 3.05) is 11.3 Å². The molecule has 1 amide bonds. The van der Waals surface area contributed by atoms with Crippen LogP contribution in [0.5, 0.6) is 0 Å². The number of aryl methyl sites for hydroxylation is 1. The molecule has 0 fully saturated rings. The van der Waals surface area contributed by atoms with E-state index in [-0.39, 0.29) is 16.6 Å². The van der Waals surface area contributed by atoms with Gasteiger partial charge < -0.3 is 10.3 Å². The number of ketones is 1. The molecule has 0 spiro atoms. The molecule has 0 bridgehead atoms. The summed E-state index contributed by atoms with van der Waals surface area (Å²) >= 11 is 0.